The zero-order valence-corrected chi connectivity index (χ0v) is 16.2. The van der Waals surface area contributed by atoms with E-state index in [0.717, 1.165) is 24.3 Å². The largest absolute Gasteiger partial charge is 0.474 e. The first-order chi connectivity index (χ1) is 13.0. The molecular weight excluding hydrogens is 344 g/mol. The van der Waals surface area contributed by atoms with Gasteiger partial charge in [-0.2, -0.15) is 0 Å². The van der Waals surface area contributed by atoms with Crippen LogP contribution in [-0.2, 0) is 13.6 Å². The summed E-state index contributed by atoms with van der Waals surface area (Å²) in [5.74, 6) is 2.11. The van der Waals surface area contributed by atoms with Crippen LogP contribution in [0.15, 0.2) is 24.7 Å². The van der Waals surface area contributed by atoms with Gasteiger partial charge in [0.1, 0.15) is 12.4 Å². The lowest BCUT2D eigenvalue weighted by Crippen LogP contribution is -2.37. The number of aryl methyl sites for hydroxylation is 1. The fraction of sp³-hybridized carbons (Fsp3) is 0.579. The molecule has 0 aromatic carbocycles. The van der Waals surface area contributed by atoms with Gasteiger partial charge in [0.2, 0.25) is 5.88 Å². The highest BCUT2D eigenvalue weighted by molar-refractivity contribution is 5.74. The van der Waals surface area contributed by atoms with Crippen LogP contribution in [0.5, 0.6) is 5.88 Å². The minimum absolute atomic E-state index is 0.234. The van der Waals surface area contributed by atoms with E-state index in [-0.39, 0.29) is 18.2 Å². The van der Waals surface area contributed by atoms with Crippen LogP contribution in [-0.4, -0.2) is 31.9 Å². The summed E-state index contributed by atoms with van der Waals surface area (Å²) >= 11 is 0. The molecule has 1 aliphatic carbocycles. The van der Waals surface area contributed by atoms with E-state index in [4.69, 9.17) is 4.74 Å². The number of pyridine rings is 1. The van der Waals surface area contributed by atoms with Crippen molar-refractivity contribution in [2.45, 2.75) is 58.2 Å². The maximum absolute atomic E-state index is 12.1. The molecule has 2 amide bonds. The van der Waals surface area contributed by atoms with E-state index < -0.39 is 0 Å². The first-order valence-electron chi connectivity index (χ1n) is 9.51. The Morgan fingerprint density at radius 2 is 2.15 bits per heavy atom. The predicted molar refractivity (Wildman–Crippen MR) is 101 cm³/mol. The second kappa shape index (κ2) is 8.83. The Labute approximate surface area is 159 Å². The average molecular weight is 372 g/mol. The molecule has 0 aliphatic heterocycles. The Hall–Kier alpha value is -2.64. The van der Waals surface area contributed by atoms with Gasteiger partial charge < -0.3 is 19.9 Å². The van der Waals surface area contributed by atoms with Crippen LogP contribution >= 0.6 is 0 Å². The van der Waals surface area contributed by atoms with Crippen LogP contribution in [0.3, 0.4) is 0 Å². The van der Waals surface area contributed by atoms with Crippen LogP contribution in [0, 0.1) is 5.92 Å². The number of hydrogen-bond acceptors (Lipinski definition) is 5. The standard InChI is InChI=1S/C19H28N6O2/c1-13-4-6-16(7-5-13)27-17-10-15(8-9-20-17)11-21-19(26)23-14(2)18-24-22-12-25(18)3/h8-10,12-14,16H,4-7,11H2,1-3H3,(H2,21,23,26). The zero-order valence-electron chi connectivity index (χ0n) is 16.2. The van der Waals surface area contributed by atoms with Gasteiger partial charge in [0.15, 0.2) is 5.82 Å². The molecule has 27 heavy (non-hydrogen) atoms. The molecule has 0 radical (unpaired) electrons. The Bertz CT molecular complexity index is 754. The molecule has 0 saturated heterocycles. The van der Waals surface area contributed by atoms with Crippen molar-refractivity contribution < 1.29 is 9.53 Å². The minimum Gasteiger partial charge on any atom is -0.474 e. The third-order valence-corrected chi connectivity index (χ3v) is 4.98. The normalized spacial score (nSPS) is 20.7. The van der Waals surface area contributed by atoms with Crippen molar-refractivity contribution in [1.29, 1.82) is 0 Å². The van der Waals surface area contributed by atoms with E-state index in [1.54, 1.807) is 17.1 Å². The summed E-state index contributed by atoms with van der Waals surface area (Å²) in [7, 11) is 1.84. The summed E-state index contributed by atoms with van der Waals surface area (Å²) in [6, 6.07) is 3.28. The molecule has 1 aliphatic rings. The van der Waals surface area contributed by atoms with Crippen molar-refractivity contribution in [2.75, 3.05) is 0 Å². The number of carbonyl (C=O) groups excluding carboxylic acids is 1. The Kier molecular flexibility index (Phi) is 6.26. The lowest BCUT2D eigenvalue weighted by Gasteiger charge is -2.26. The maximum atomic E-state index is 12.1. The van der Waals surface area contributed by atoms with Gasteiger partial charge in [-0.15, -0.1) is 10.2 Å². The average Bonchev–Trinajstić information content (AvgIpc) is 3.08. The Morgan fingerprint density at radius 1 is 1.37 bits per heavy atom. The van der Waals surface area contributed by atoms with Gasteiger partial charge in [-0.05, 0) is 50.2 Å². The Morgan fingerprint density at radius 3 is 2.85 bits per heavy atom. The minimum atomic E-state index is -0.258. The molecule has 1 fully saturated rings. The quantitative estimate of drug-likeness (QED) is 0.813. The monoisotopic (exact) mass is 372 g/mol. The van der Waals surface area contributed by atoms with E-state index >= 15 is 0 Å². The highest BCUT2D eigenvalue weighted by Gasteiger charge is 2.20. The number of carbonyl (C=O) groups is 1. The predicted octanol–water partition coefficient (Wildman–Crippen LogP) is 2.73. The molecule has 2 aromatic heterocycles. The smallest absolute Gasteiger partial charge is 0.315 e. The molecule has 1 unspecified atom stereocenters. The maximum Gasteiger partial charge on any atom is 0.315 e. The van der Waals surface area contributed by atoms with Gasteiger partial charge >= 0.3 is 6.03 Å². The molecule has 0 spiro atoms. The number of ether oxygens (including phenoxy) is 1. The number of nitrogens with one attached hydrogen (secondary N) is 2. The van der Waals surface area contributed by atoms with Crippen LogP contribution in [0.4, 0.5) is 4.79 Å². The molecule has 3 rings (SSSR count). The van der Waals surface area contributed by atoms with E-state index in [1.165, 1.54) is 12.8 Å². The lowest BCUT2D eigenvalue weighted by molar-refractivity contribution is 0.130. The highest BCUT2D eigenvalue weighted by atomic mass is 16.5. The van der Waals surface area contributed by atoms with E-state index in [2.05, 4.69) is 32.7 Å². The second-order valence-electron chi connectivity index (χ2n) is 7.35. The van der Waals surface area contributed by atoms with Crippen molar-refractivity contribution >= 4 is 6.03 Å². The molecule has 1 saturated carbocycles. The first-order valence-corrected chi connectivity index (χ1v) is 9.51. The topological polar surface area (TPSA) is 94.0 Å². The van der Waals surface area contributed by atoms with Crippen LogP contribution < -0.4 is 15.4 Å². The molecule has 2 aromatic rings. The summed E-state index contributed by atoms with van der Waals surface area (Å²) in [5.41, 5.74) is 0.950. The van der Waals surface area contributed by atoms with Gasteiger partial charge in [-0.25, -0.2) is 9.78 Å². The molecule has 146 valence electrons. The summed E-state index contributed by atoms with van der Waals surface area (Å²) in [6.07, 6.45) is 8.13. The van der Waals surface area contributed by atoms with Crippen LogP contribution in [0.1, 0.15) is 57.0 Å². The SMILES string of the molecule is CC1CCC(Oc2cc(CNC(=O)NC(C)c3nncn3C)ccn2)CC1. The van der Waals surface area contributed by atoms with Gasteiger partial charge in [0.25, 0.3) is 0 Å². The number of nitrogens with zero attached hydrogens (tertiary/aromatic N) is 4. The van der Waals surface area contributed by atoms with E-state index in [9.17, 15) is 4.79 Å². The third kappa shape index (κ3) is 5.42. The lowest BCUT2D eigenvalue weighted by atomic mass is 9.89. The van der Waals surface area contributed by atoms with Crippen LogP contribution in [0.25, 0.3) is 0 Å². The third-order valence-electron chi connectivity index (χ3n) is 4.98. The molecule has 0 bridgehead atoms. The number of hydrogen-bond donors (Lipinski definition) is 2. The molecule has 8 heteroatoms. The van der Waals surface area contributed by atoms with Crippen molar-refractivity contribution in [3.05, 3.63) is 36.0 Å². The van der Waals surface area contributed by atoms with Gasteiger partial charge in [0.05, 0.1) is 6.04 Å². The Balaban J connectivity index is 1.48. The van der Waals surface area contributed by atoms with Crippen molar-refractivity contribution in [2.24, 2.45) is 13.0 Å². The molecule has 8 nitrogen and oxygen atoms in total. The fourth-order valence-corrected chi connectivity index (χ4v) is 3.32. The molecule has 2 N–H and O–H groups in total. The number of rotatable bonds is 6. The van der Waals surface area contributed by atoms with Gasteiger partial charge in [-0.3, -0.25) is 0 Å². The number of aromatic nitrogens is 4. The molecule has 2 heterocycles. The molecule has 1 atom stereocenters. The highest BCUT2D eigenvalue weighted by Crippen LogP contribution is 2.26. The summed E-state index contributed by atoms with van der Waals surface area (Å²) < 4.78 is 7.80. The summed E-state index contributed by atoms with van der Waals surface area (Å²) in [6.45, 7) is 4.56. The van der Waals surface area contributed by atoms with Gasteiger partial charge in [-0.1, -0.05) is 6.92 Å². The van der Waals surface area contributed by atoms with Crippen LogP contribution in [0.2, 0.25) is 0 Å². The summed E-state index contributed by atoms with van der Waals surface area (Å²) in [4.78, 5) is 16.4. The van der Waals surface area contributed by atoms with Gasteiger partial charge in [0, 0.05) is 25.9 Å². The first kappa shape index (κ1) is 19.1. The summed E-state index contributed by atoms with van der Waals surface area (Å²) in [5, 5.41) is 13.5. The fourth-order valence-electron chi connectivity index (χ4n) is 3.32. The van der Waals surface area contributed by atoms with E-state index in [0.29, 0.717) is 18.2 Å². The second-order valence-corrected chi connectivity index (χ2v) is 7.35. The zero-order chi connectivity index (χ0) is 19.2. The number of amides is 2. The molecular formula is C19H28N6O2. The number of urea groups is 1. The van der Waals surface area contributed by atoms with Crippen molar-refractivity contribution in [3.8, 4) is 5.88 Å². The van der Waals surface area contributed by atoms with E-state index in [1.807, 2.05) is 26.1 Å². The van der Waals surface area contributed by atoms with Crippen molar-refractivity contribution in [3.63, 3.8) is 0 Å². The van der Waals surface area contributed by atoms with Crippen molar-refractivity contribution in [1.82, 2.24) is 30.4 Å².